The summed E-state index contributed by atoms with van der Waals surface area (Å²) in [4.78, 5) is 27.9. The molecule has 0 aliphatic carbocycles. The maximum Gasteiger partial charge on any atom is 0.330 e. The van der Waals surface area contributed by atoms with Crippen LogP contribution in [0.5, 0.6) is 0 Å². The van der Waals surface area contributed by atoms with E-state index in [1.807, 2.05) is 51.1 Å². The SMILES string of the molecule is CC(C)(C)/C=C/[C@@H](NC(=O)c1ccc(-c2ccccc2)nc1)C(=O)O. The topological polar surface area (TPSA) is 79.3 Å². The number of carboxylic acids is 1. The Bertz CT molecular complexity index is 760. The van der Waals surface area contributed by atoms with E-state index in [1.54, 1.807) is 18.2 Å². The zero-order chi connectivity index (χ0) is 18.4. The smallest absolute Gasteiger partial charge is 0.330 e. The molecule has 0 aliphatic heterocycles. The number of amides is 1. The molecule has 25 heavy (non-hydrogen) atoms. The third-order valence-electron chi connectivity index (χ3n) is 3.44. The molecule has 1 atom stereocenters. The summed E-state index contributed by atoms with van der Waals surface area (Å²) in [7, 11) is 0. The Kier molecular flexibility index (Phi) is 5.70. The number of pyridine rings is 1. The van der Waals surface area contributed by atoms with E-state index < -0.39 is 17.9 Å². The lowest BCUT2D eigenvalue weighted by Crippen LogP contribution is -2.39. The van der Waals surface area contributed by atoms with Crippen LogP contribution < -0.4 is 5.32 Å². The van der Waals surface area contributed by atoms with Gasteiger partial charge in [-0.05, 0) is 17.5 Å². The normalized spacial score (nSPS) is 12.8. The molecule has 1 aromatic carbocycles. The third-order valence-corrected chi connectivity index (χ3v) is 3.44. The van der Waals surface area contributed by atoms with Gasteiger partial charge >= 0.3 is 5.97 Å². The molecule has 0 spiro atoms. The highest BCUT2D eigenvalue weighted by atomic mass is 16.4. The number of hydrogen-bond donors (Lipinski definition) is 2. The molecule has 5 heteroatoms. The molecule has 2 N–H and O–H groups in total. The van der Waals surface area contributed by atoms with E-state index in [-0.39, 0.29) is 5.41 Å². The predicted octanol–water partition coefficient (Wildman–Crippen LogP) is 3.53. The molecule has 2 rings (SSSR count). The van der Waals surface area contributed by atoms with Crippen molar-refractivity contribution in [3.63, 3.8) is 0 Å². The minimum Gasteiger partial charge on any atom is -0.479 e. The predicted molar refractivity (Wildman–Crippen MR) is 97.2 cm³/mol. The Morgan fingerprint density at radius 1 is 1.12 bits per heavy atom. The van der Waals surface area contributed by atoms with E-state index in [4.69, 9.17) is 0 Å². The van der Waals surface area contributed by atoms with Gasteiger partial charge in [0.1, 0.15) is 6.04 Å². The number of carbonyl (C=O) groups is 2. The van der Waals surface area contributed by atoms with Gasteiger partial charge in [0.2, 0.25) is 0 Å². The van der Waals surface area contributed by atoms with Gasteiger partial charge in [-0.1, -0.05) is 63.3 Å². The highest BCUT2D eigenvalue weighted by molar-refractivity contribution is 5.97. The van der Waals surface area contributed by atoms with Crippen molar-refractivity contribution in [2.24, 2.45) is 5.41 Å². The first-order chi connectivity index (χ1) is 11.8. The van der Waals surface area contributed by atoms with Crippen LogP contribution in [0.4, 0.5) is 0 Å². The zero-order valence-electron chi connectivity index (χ0n) is 14.6. The van der Waals surface area contributed by atoms with Crippen molar-refractivity contribution >= 4 is 11.9 Å². The van der Waals surface area contributed by atoms with Crippen LogP contribution in [0.1, 0.15) is 31.1 Å². The number of nitrogens with one attached hydrogen (secondary N) is 1. The van der Waals surface area contributed by atoms with Crippen molar-refractivity contribution in [3.8, 4) is 11.3 Å². The number of hydrogen-bond acceptors (Lipinski definition) is 3. The Morgan fingerprint density at radius 2 is 1.80 bits per heavy atom. The fourth-order valence-corrected chi connectivity index (χ4v) is 2.11. The molecule has 5 nitrogen and oxygen atoms in total. The van der Waals surface area contributed by atoms with Gasteiger partial charge in [-0.25, -0.2) is 4.79 Å². The van der Waals surface area contributed by atoms with Crippen molar-refractivity contribution < 1.29 is 14.7 Å². The van der Waals surface area contributed by atoms with Crippen LogP contribution in [0.3, 0.4) is 0 Å². The van der Waals surface area contributed by atoms with E-state index >= 15 is 0 Å². The Morgan fingerprint density at radius 3 is 2.32 bits per heavy atom. The number of carbonyl (C=O) groups excluding carboxylic acids is 1. The number of carboxylic acid groups (broad SMARTS) is 1. The van der Waals surface area contributed by atoms with Gasteiger partial charge in [-0.2, -0.15) is 0 Å². The van der Waals surface area contributed by atoms with Gasteiger partial charge in [0.25, 0.3) is 5.91 Å². The Hall–Kier alpha value is -2.95. The monoisotopic (exact) mass is 338 g/mol. The molecule has 0 saturated carbocycles. The van der Waals surface area contributed by atoms with Crippen molar-refractivity contribution in [1.29, 1.82) is 0 Å². The summed E-state index contributed by atoms with van der Waals surface area (Å²) in [5.74, 6) is -1.58. The summed E-state index contributed by atoms with van der Waals surface area (Å²) < 4.78 is 0. The number of aromatic nitrogens is 1. The third kappa shape index (κ3) is 5.57. The molecule has 1 amide bonds. The number of allylic oxidation sites excluding steroid dienone is 1. The van der Waals surface area contributed by atoms with Gasteiger partial charge in [0.15, 0.2) is 0 Å². The minimum atomic E-state index is -1.11. The summed E-state index contributed by atoms with van der Waals surface area (Å²) in [6, 6.07) is 11.9. The van der Waals surface area contributed by atoms with E-state index in [2.05, 4.69) is 10.3 Å². The summed E-state index contributed by atoms with van der Waals surface area (Å²) in [5.41, 5.74) is 1.85. The van der Waals surface area contributed by atoms with Gasteiger partial charge in [0, 0.05) is 11.8 Å². The molecule has 2 aromatic rings. The van der Waals surface area contributed by atoms with Gasteiger partial charge in [0.05, 0.1) is 11.3 Å². The van der Waals surface area contributed by atoms with Gasteiger partial charge < -0.3 is 10.4 Å². The molecular formula is C20H22N2O3. The molecule has 0 bridgehead atoms. The first-order valence-corrected chi connectivity index (χ1v) is 8.01. The van der Waals surface area contributed by atoms with Crippen LogP contribution in [-0.2, 0) is 4.79 Å². The lowest BCUT2D eigenvalue weighted by atomic mass is 9.95. The molecule has 0 saturated heterocycles. The highest BCUT2D eigenvalue weighted by Gasteiger charge is 2.19. The van der Waals surface area contributed by atoms with Crippen molar-refractivity contribution in [2.45, 2.75) is 26.8 Å². The number of nitrogens with zero attached hydrogens (tertiary/aromatic N) is 1. The molecule has 0 aliphatic rings. The van der Waals surface area contributed by atoms with Crippen LogP contribution in [0, 0.1) is 5.41 Å². The summed E-state index contributed by atoms with van der Waals surface area (Å²) in [5, 5.41) is 11.8. The summed E-state index contributed by atoms with van der Waals surface area (Å²) >= 11 is 0. The lowest BCUT2D eigenvalue weighted by molar-refractivity contribution is -0.137. The second-order valence-corrected chi connectivity index (χ2v) is 6.81. The molecule has 0 fully saturated rings. The highest BCUT2D eigenvalue weighted by Crippen LogP contribution is 2.17. The molecular weight excluding hydrogens is 316 g/mol. The van der Waals surface area contributed by atoms with Crippen molar-refractivity contribution in [1.82, 2.24) is 10.3 Å². The van der Waals surface area contributed by atoms with Crippen molar-refractivity contribution in [3.05, 3.63) is 66.4 Å². The molecule has 130 valence electrons. The molecule has 1 heterocycles. The average Bonchev–Trinajstić information content (AvgIpc) is 2.58. The number of aliphatic carboxylic acids is 1. The van der Waals surface area contributed by atoms with Crippen LogP contribution in [0.2, 0.25) is 0 Å². The van der Waals surface area contributed by atoms with E-state index in [0.717, 1.165) is 11.3 Å². The second kappa shape index (κ2) is 7.75. The van der Waals surface area contributed by atoms with Crippen LogP contribution >= 0.6 is 0 Å². The van der Waals surface area contributed by atoms with Crippen LogP contribution in [0.15, 0.2) is 60.8 Å². The average molecular weight is 338 g/mol. The molecule has 0 unspecified atom stereocenters. The zero-order valence-corrected chi connectivity index (χ0v) is 14.6. The number of benzene rings is 1. The fourth-order valence-electron chi connectivity index (χ4n) is 2.11. The maximum atomic E-state index is 12.3. The lowest BCUT2D eigenvalue weighted by Gasteiger charge is -2.15. The van der Waals surface area contributed by atoms with E-state index in [0.29, 0.717) is 5.56 Å². The number of rotatable bonds is 5. The van der Waals surface area contributed by atoms with Crippen LogP contribution in [0.25, 0.3) is 11.3 Å². The fraction of sp³-hybridized carbons (Fsp3) is 0.250. The summed E-state index contributed by atoms with van der Waals surface area (Å²) in [6.07, 6.45) is 4.71. The van der Waals surface area contributed by atoms with Gasteiger partial charge in [-0.3, -0.25) is 9.78 Å². The Balaban J connectivity index is 2.11. The van der Waals surface area contributed by atoms with Crippen LogP contribution in [-0.4, -0.2) is 28.0 Å². The van der Waals surface area contributed by atoms with Crippen molar-refractivity contribution in [2.75, 3.05) is 0 Å². The largest absolute Gasteiger partial charge is 0.479 e. The van der Waals surface area contributed by atoms with E-state index in [1.165, 1.54) is 12.3 Å². The van der Waals surface area contributed by atoms with E-state index in [9.17, 15) is 14.7 Å². The minimum absolute atomic E-state index is 0.169. The first kappa shape index (κ1) is 18.4. The quantitative estimate of drug-likeness (QED) is 0.817. The maximum absolute atomic E-state index is 12.3. The standard InChI is InChI=1S/C20H22N2O3/c1-20(2,3)12-11-17(19(24)25)22-18(23)15-9-10-16(21-13-15)14-7-5-4-6-8-14/h4-13,17H,1-3H3,(H,22,23)(H,24,25)/b12-11+/t17-/m1/s1. The molecule has 0 radical (unpaired) electrons. The van der Waals surface area contributed by atoms with Gasteiger partial charge in [-0.15, -0.1) is 0 Å². The molecule has 1 aromatic heterocycles. The first-order valence-electron chi connectivity index (χ1n) is 8.01. The summed E-state index contributed by atoms with van der Waals surface area (Å²) in [6.45, 7) is 5.86. The Labute approximate surface area is 147 Å². The second-order valence-electron chi connectivity index (χ2n) is 6.81.